The fourth-order valence-electron chi connectivity index (χ4n) is 2.87. The number of aryl methyl sites for hydroxylation is 1. The number of methoxy groups -OCH3 is 4. The van der Waals surface area contributed by atoms with E-state index in [0.29, 0.717) is 0 Å². The number of hydrogen-bond acceptors (Lipinski definition) is 4. The molecule has 0 N–H and O–H groups in total. The molecule has 5 heteroatoms. The van der Waals surface area contributed by atoms with Crippen LogP contribution in [0, 0.1) is 3.57 Å². The van der Waals surface area contributed by atoms with Crippen molar-refractivity contribution in [3.05, 3.63) is 33.4 Å². The third kappa shape index (κ3) is 4.32. The highest BCUT2D eigenvalue weighted by atomic mass is 127. The minimum absolute atomic E-state index is 0.778. The Hall–Kier alpha value is -1.63. The average molecular weight is 456 g/mol. The van der Waals surface area contributed by atoms with Crippen molar-refractivity contribution in [3.63, 3.8) is 0 Å². The molecule has 2 rings (SSSR count). The summed E-state index contributed by atoms with van der Waals surface area (Å²) in [5.74, 6) is 3.24. The maximum absolute atomic E-state index is 5.79. The smallest absolute Gasteiger partial charge is 0.140 e. The van der Waals surface area contributed by atoms with E-state index in [1.165, 1.54) is 0 Å². The van der Waals surface area contributed by atoms with Crippen molar-refractivity contribution in [1.82, 2.24) is 0 Å². The first-order valence-electron chi connectivity index (χ1n) is 8.26. The normalized spacial score (nSPS) is 10.5. The van der Waals surface area contributed by atoms with Crippen molar-refractivity contribution >= 4 is 22.6 Å². The molecule has 2 aromatic rings. The number of ether oxygens (including phenoxy) is 4. The Kier molecular flexibility index (Phi) is 7.23. The van der Waals surface area contributed by atoms with Crippen LogP contribution in [0.25, 0.3) is 11.1 Å². The Bertz CT molecular complexity index is 728. The van der Waals surface area contributed by atoms with Gasteiger partial charge in [-0.15, -0.1) is 0 Å². The van der Waals surface area contributed by atoms with Gasteiger partial charge in [0.15, 0.2) is 0 Å². The van der Waals surface area contributed by atoms with Gasteiger partial charge in [-0.25, -0.2) is 0 Å². The zero-order valence-corrected chi connectivity index (χ0v) is 17.6. The molecule has 25 heavy (non-hydrogen) atoms. The Morgan fingerprint density at radius 2 is 1.32 bits per heavy atom. The van der Waals surface area contributed by atoms with Crippen molar-refractivity contribution in [2.24, 2.45) is 0 Å². The Labute approximate surface area is 163 Å². The summed E-state index contributed by atoms with van der Waals surface area (Å²) in [5.41, 5.74) is 3.01. The van der Waals surface area contributed by atoms with Crippen LogP contribution >= 0.6 is 22.6 Å². The molecule has 0 aliphatic rings. The molecule has 0 spiro atoms. The zero-order valence-electron chi connectivity index (χ0n) is 15.4. The first-order valence-corrected chi connectivity index (χ1v) is 9.34. The Morgan fingerprint density at radius 3 is 1.84 bits per heavy atom. The molecule has 0 atom stereocenters. The van der Waals surface area contributed by atoms with Gasteiger partial charge in [-0.3, -0.25) is 0 Å². The fraction of sp³-hybridized carbons (Fsp3) is 0.400. The summed E-state index contributed by atoms with van der Waals surface area (Å²) in [6.07, 6.45) is 3.15. The molecule has 0 bridgehead atoms. The van der Waals surface area contributed by atoms with Crippen LogP contribution in [0.15, 0.2) is 24.3 Å². The van der Waals surface area contributed by atoms with Crippen LogP contribution in [0.5, 0.6) is 23.0 Å². The van der Waals surface area contributed by atoms with Crippen LogP contribution < -0.4 is 18.9 Å². The second-order valence-electron chi connectivity index (χ2n) is 5.66. The molecule has 2 aromatic carbocycles. The summed E-state index contributed by atoms with van der Waals surface area (Å²) in [5, 5.41) is 0. The highest BCUT2D eigenvalue weighted by Gasteiger charge is 2.19. The predicted molar refractivity (Wildman–Crippen MR) is 109 cm³/mol. The van der Waals surface area contributed by atoms with E-state index in [1.54, 1.807) is 28.4 Å². The van der Waals surface area contributed by atoms with Crippen molar-refractivity contribution in [1.29, 1.82) is 0 Å². The van der Waals surface area contributed by atoms with Gasteiger partial charge >= 0.3 is 0 Å². The standard InChI is InChI=1S/C20H25IO4/c1-6-7-8-13-9-14(22-2)10-16(19(13)24-4)17-11-15(23-3)12-18(21)20(17)25-5/h9-12H,6-8H2,1-5H3. The van der Waals surface area contributed by atoms with Gasteiger partial charge in [0, 0.05) is 11.1 Å². The van der Waals surface area contributed by atoms with Crippen molar-refractivity contribution in [2.75, 3.05) is 28.4 Å². The largest absolute Gasteiger partial charge is 0.497 e. The van der Waals surface area contributed by atoms with Crippen LogP contribution in [0.1, 0.15) is 25.3 Å². The lowest BCUT2D eigenvalue weighted by Gasteiger charge is -2.19. The van der Waals surface area contributed by atoms with Gasteiger partial charge in [0.05, 0.1) is 32.0 Å². The molecular weight excluding hydrogens is 431 g/mol. The SMILES string of the molecule is CCCCc1cc(OC)cc(-c2cc(OC)cc(I)c2OC)c1OC. The molecule has 0 unspecified atom stereocenters. The minimum atomic E-state index is 0.778. The monoisotopic (exact) mass is 456 g/mol. The second kappa shape index (κ2) is 9.17. The van der Waals surface area contributed by atoms with E-state index in [1.807, 2.05) is 18.2 Å². The summed E-state index contributed by atoms with van der Waals surface area (Å²) < 4.78 is 23.4. The van der Waals surface area contributed by atoms with Gasteiger partial charge in [-0.1, -0.05) is 13.3 Å². The number of hydrogen-bond donors (Lipinski definition) is 0. The topological polar surface area (TPSA) is 36.9 Å². The minimum Gasteiger partial charge on any atom is -0.497 e. The second-order valence-corrected chi connectivity index (χ2v) is 6.82. The fourth-order valence-corrected chi connectivity index (χ4v) is 3.68. The van der Waals surface area contributed by atoms with Crippen LogP contribution in [0.4, 0.5) is 0 Å². The molecule has 0 radical (unpaired) electrons. The van der Waals surface area contributed by atoms with Crippen molar-refractivity contribution in [2.45, 2.75) is 26.2 Å². The number of unbranched alkanes of at least 4 members (excludes halogenated alkanes) is 1. The first-order chi connectivity index (χ1) is 12.1. The van der Waals surface area contributed by atoms with Crippen LogP contribution in [-0.4, -0.2) is 28.4 Å². The number of benzene rings is 2. The van der Waals surface area contributed by atoms with E-state index >= 15 is 0 Å². The molecule has 0 fully saturated rings. The summed E-state index contributed by atoms with van der Waals surface area (Å²) in [6.45, 7) is 2.18. The van der Waals surface area contributed by atoms with Gasteiger partial charge in [-0.2, -0.15) is 0 Å². The van der Waals surface area contributed by atoms with Crippen molar-refractivity contribution in [3.8, 4) is 34.1 Å². The quantitative estimate of drug-likeness (QED) is 0.503. The zero-order chi connectivity index (χ0) is 18.4. The number of halogens is 1. The maximum Gasteiger partial charge on any atom is 0.140 e. The van der Waals surface area contributed by atoms with E-state index in [2.05, 4.69) is 35.6 Å². The maximum atomic E-state index is 5.79. The molecule has 0 saturated heterocycles. The lowest BCUT2D eigenvalue weighted by molar-refractivity contribution is 0.395. The van der Waals surface area contributed by atoms with E-state index in [9.17, 15) is 0 Å². The van der Waals surface area contributed by atoms with Gasteiger partial charge in [0.1, 0.15) is 23.0 Å². The van der Waals surface area contributed by atoms with E-state index < -0.39 is 0 Å². The van der Waals surface area contributed by atoms with Crippen LogP contribution in [0.3, 0.4) is 0 Å². The molecule has 0 aliphatic carbocycles. The predicted octanol–water partition coefficient (Wildman–Crippen LogP) is 5.34. The van der Waals surface area contributed by atoms with Gasteiger partial charge in [0.2, 0.25) is 0 Å². The average Bonchev–Trinajstić information content (AvgIpc) is 2.64. The molecule has 136 valence electrons. The first kappa shape index (κ1) is 19.7. The van der Waals surface area contributed by atoms with E-state index in [0.717, 1.165) is 62.5 Å². The molecule has 0 amide bonds. The molecule has 0 saturated carbocycles. The molecular formula is C20H25IO4. The third-order valence-corrected chi connectivity index (χ3v) is 4.93. The molecule has 0 aliphatic heterocycles. The van der Waals surface area contributed by atoms with Gasteiger partial charge in [-0.05, 0) is 65.3 Å². The lowest BCUT2D eigenvalue weighted by Crippen LogP contribution is -2.00. The van der Waals surface area contributed by atoms with Crippen molar-refractivity contribution < 1.29 is 18.9 Å². The number of rotatable bonds is 8. The summed E-state index contributed by atoms with van der Waals surface area (Å²) in [6, 6.07) is 7.96. The summed E-state index contributed by atoms with van der Waals surface area (Å²) in [4.78, 5) is 0. The van der Waals surface area contributed by atoms with Crippen LogP contribution in [-0.2, 0) is 6.42 Å². The lowest BCUT2D eigenvalue weighted by atomic mass is 9.97. The molecule has 4 nitrogen and oxygen atoms in total. The van der Waals surface area contributed by atoms with Gasteiger partial charge < -0.3 is 18.9 Å². The Balaban J connectivity index is 2.74. The highest BCUT2D eigenvalue weighted by Crippen LogP contribution is 2.44. The van der Waals surface area contributed by atoms with E-state index in [4.69, 9.17) is 18.9 Å². The summed E-state index contributed by atoms with van der Waals surface area (Å²) >= 11 is 2.26. The molecule has 0 heterocycles. The molecule has 0 aromatic heterocycles. The summed E-state index contributed by atoms with van der Waals surface area (Å²) in [7, 11) is 6.73. The highest BCUT2D eigenvalue weighted by molar-refractivity contribution is 14.1. The third-order valence-electron chi connectivity index (χ3n) is 4.13. The Morgan fingerprint density at radius 1 is 0.760 bits per heavy atom. The van der Waals surface area contributed by atoms with E-state index in [-0.39, 0.29) is 0 Å². The van der Waals surface area contributed by atoms with Gasteiger partial charge in [0.25, 0.3) is 0 Å². The van der Waals surface area contributed by atoms with Crippen LogP contribution in [0.2, 0.25) is 0 Å².